The molecule has 0 bridgehead atoms. The second-order valence-corrected chi connectivity index (χ2v) is 5.47. The van der Waals surface area contributed by atoms with Crippen molar-refractivity contribution < 1.29 is 14.3 Å². The molecule has 0 aliphatic heterocycles. The van der Waals surface area contributed by atoms with Crippen molar-refractivity contribution in [3.05, 3.63) is 76.9 Å². The zero-order valence-corrected chi connectivity index (χ0v) is 13.9. The molecule has 0 heterocycles. The van der Waals surface area contributed by atoms with Crippen molar-refractivity contribution in [1.82, 2.24) is 5.32 Å². The first-order valence-corrected chi connectivity index (χ1v) is 7.79. The lowest BCUT2D eigenvalue weighted by molar-refractivity contribution is 0.101. The molecule has 4 heteroatoms. The van der Waals surface area contributed by atoms with E-state index in [1.54, 1.807) is 6.92 Å². The second kappa shape index (κ2) is 8.67. The summed E-state index contributed by atoms with van der Waals surface area (Å²) in [5.74, 6) is 0.0345. The minimum atomic E-state index is -0.460. The third-order valence-corrected chi connectivity index (χ3v) is 3.56. The molecule has 1 N–H and O–H groups in total. The van der Waals surface area contributed by atoms with Gasteiger partial charge in [0.25, 0.3) is 0 Å². The van der Waals surface area contributed by atoms with Gasteiger partial charge in [-0.3, -0.25) is 4.79 Å². The van der Waals surface area contributed by atoms with E-state index in [4.69, 9.17) is 4.74 Å². The predicted octanol–water partition coefficient (Wildman–Crippen LogP) is 4.14. The van der Waals surface area contributed by atoms with E-state index in [0.717, 1.165) is 16.7 Å². The van der Waals surface area contributed by atoms with Crippen molar-refractivity contribution in [3.63, 3.8) is 0 Å². The summed E-state index contributed by atoms with van der Waals surface area (Å²) in [6, 6.07) is 15.1. The normalized spacial score (nSPS) is 10.6. The van der Waals surface area contributed by atoms with Gasteiger partial charge in [-0.25, -0.2) is 4.79 Å². The number of hydrogen-bond donors (Lipinski definition) is 1. The summed E-state index contributed by atoms with van der Waals surface area (Å²) in [6.45, 7) is 4.13. The molecule has 0 spiro atoms. The highest BCUT2D eigenvalue weighted by Gasteiger charge is 2.02. The molecule has 124 valence electrons. The van der Waals surface area contributed by atoms with Crippen LogP contribution in [0.2, 0.25) is 0 Å². The van der Waals surface area contributed by atoms with Gasteiger partial charge < -0.3 is 10.1 Å². The van der Waals surface area contributed by atoms with Gasteiger partial charge in [0.2, 0.25) is 0 Å². The van der Waals surface area contributed by atoms with Crippen molar-refractivity contribution in [2.24, 2.45) is 0 Å². The number of carbonyl (C=O) groups is 2. The lowest BCUT2D eigenvalue weighted by Crippen LogP contribution is -2.24. The number of ketones is 1. The number of aryl methyl sites for hydroxylation is 1. The van der Waals surface area contributed by atoms with E-state index in [2.05, 4.69) is 5.32 Å². The molecule has 4 nitrogen and oxygen atoms in total. The van der Waals surface area contributed by atoms with Crippen LogP contribution in [0.15, 0.2) is 54.6 Å². The maximum atomic E-state index is 11.6. The maximum Gasteiger partial charge on any atom is 0.407 e. The number of Topliss-reactive ketones (excluding diaryl/α,β-unsaturated/α-hetero) is 1. The van der Waals surface area contributed by atoms with Crippen LogP contribution in [0.25, 0.3) is 6.08 Å². The molecule has 0 fully saturated rings. The molecule has 2 aromatic carbocycles. The van der Waals surface area contributed by atoms with E-state index in [1.165, 1.54) is 0 Å². The highest BCUT2D eigenvalue weighted by molar-refractivity contribution is 5.94. The standard InChI is InChI=1S/C20H21NO3/c1-15-10-11-19(16(2)22)13-18(15)9-6-12-21-20(23)24-14-17-7-4-3-5-8-17/h3-11,13H,12,14H2,1-2H3,(H,21,23). The molecule has 1 amide bonds. The molecule has 0 aliphatic carbocycles. The van der Waals surface area contributed by atoms with E-state index < -0.39 is 6.09 Å². The monoisotopic (exact) mass is 323 g/mol. The Hall–Kier alpha value is -2.88. The highest BCUT2D eigenvalue weighted by atomic mass is 16.5. The molecule has 2 rings (SSSR count). The van der Waals surface area contributed by atoms with E-state index in [0.29, 0.717) is 12.1 Å². The molecule has 0 atom stereocenters. The van der Waals surface area contributed by atoms with Crippen molar-refractivity contribution >= 4 is 18.0 Å². The Morgan fingerprint density at radius 1 is 1.12 bits per heavy atom. The molecule has 0 saturated carbocycles. The maximum absolute atomic E-state index is 11.6. The number of rotatable bonds is 6. The van der Waals surface area contributed by atoms with Crippen LogP contribution in [0.1, 0.15) is 34.0 Å². The quantitative estimate of drug-likeness (QED) is 0.813. The molecule has 24 heavy (non-hydrogen) atoms. The van der Waals surface area contributed by atoms with Gasteiger partial charge in [-0.05, 0) is 36.6 Å². The summed E-state index contributed by atoms with van der Waals surface area (Å²) in [5.41, 5.74) is 3.65. The summed E-state index contributed by atoms with van der Waals surface area (Å²) in [7, 11) is 0. The lowest BCUT2D eigenvalue weighted by atomic mass is 10.0. The van der Waals surface area contributed by atoms with Crippen molar-refractivity contribution in [2.45, 2.75) is 20.5 Å². The van der Waals surface area contributed by atoms with Crippen LogP contribution in [0.4, 0.5) is 4.79 Å². The molecule has 0 radical (unpaired) electrons. The Bertz CT molecular complexity index is 736. The summed E-state index contributed by atoms with van der Waals surface area (Å²) < 4.78 is 5.13. The summed E-state index contributed by atoms with van der Waals surface area (Å²) in [5, 5.41) is 2.67. The molecule has 0 aromatic heterocycles. The van der Waals surface area contributed by atoms with Crippen LogP contribution in [-0.2, 0) is 11.3 Å². The van der Waals surface area contributed by atoms with Gasteiger partial charge in [-0.15, -0.1) is 0 Å². The first-order chi connectivity index (χ1) is 11.6. The number of amides is 1. The number of hydrogen-bond acceptors (Lipinski definition) is 3. The number of carbonyl (C=O) groups excluding carboxylic acids is 2. The average Bonchev–Trinajstić information content (AvgIpc) is 2.59. The van der Waals surface area contributed by atoms with Crippen LogP contribution in [0, 0.1) is 6.92 Å². The first kappa shape index (κ1) is 17.5. The summed E-state index contributed by atoms with van der Waals surface area (Å²) >= 11 is 0. The molecule has 0 unspecified atom stereocenters. The topological polar surface area (TPSA) is 55.4 Å². The molecular weight excluding hydrogens is 302 g/mol. The van der Waals surface area contributed by atoms with Crippen LogP contribution in [0.5, 0.6) is 0 Å². The second-order valence-electron chi connectivity index (χ2n) is 5.47. The number of benzene rings is 2. The van der Waals surface area contributed by atoms with Crippen LogP contribution >= 0.6 is 0 Å². The van der Waals surface area contributed by atoms with Gasteiger partial charge in [0.1, 0.15) is 6.61 Å². The SMILES string of the molecule is CC(=O)c1ccc(C)c(C=CCNC(=O)OCc2ccccc2)c1. The van der Waals surface area contributed by atoms with E-state index in [1.807, 2.05) is 67.6 Å². The molecule has 2 aromatic rings. The first-order valence-electron chi connectivity index (χ1n) is 7.79. The van der Waals surface area contributed by atoms with Gasteiger partial charge in [-0.2, -0.15) is 0 Å². The van der Waals surface area contributed by atoms with Crippen molar-refractivity contribution in [1.29, 1.82) is 0 Å². The van der Waals surface area contributed by atoms with Gasteiger partial charge in [-0.1, -0.05) is 54.6 Å². The lowest BCUT2D eigenvalue weighted by Gasteiger charge is -2.06. The minimum absolute atomic E-state index is 0.0345. The number of nitrogens with one attached hydrogen (secondary N) is 1. The molecule has 0 aliphatic rings. The zero-order valence-electron chi connectivity index (χ0n) is 13.9. The Labute approximate surface area is 142 Å². The average molecular weight is 323 g/mol. The Morgan fingerprint density at radius 2 is 1.88 bits per heavy atom. The smallest absolute Gasteiger partial charge is 0.407 e. The fraction of sp³-hybridized carbons (Fsp3) is 0.200. The van der Waals surface area contributed by atoms with Gasteiger partial charge >= 0.3 is 6.09 Å². The highest BCUT2D eigenvalue weighted by Crippen LogP contribution is 2.13. The van der Waals surface area contributed by atoms with Crippen LogP contribution in [-0.4, -0.2) is 18.4 Å². The van der Waals surface area contributed by atoms with Crippen molar-refractivity contribution in [2.75, 3.05) is 6.54 Å². The summed E-state index contributed by atoms with van der Waals surface area (Å²) in [6.07, 6.45) is 3.26. The zero-order chi connectivity index (χ0) is 17.4. The van der Waals surface area contributed by atoms with Crippen LogP contribution < -0.4 is 5.32 Å². The third kappa shape index (κ3) is 5.39. The molecule has 0 saturated heterocycles. The van der Waals surface area contributed by atoms with Crippen LogP contribution in [0.3, 0.4) is 0 Å². The summed E-state index contributed by atoms with van der Waals surface area (Å²) in [4.78, 5) is 23.0. The Balaban J connectivity index is 1.81. The van der Waals surface area contributed by atoms with E-state index in [9.17, 15) is 9.59 Å². The van der Waals surface area contributed by atoms with Gasteiger partial charge in [0, 0.05) is 12.1 Å². The Kier molecular flexibility index (Phi) is 6.32. The van der Waals surface area contributed by atoms with Gasteiger partial charge in [0.05, 0.1) is 0 Å². The fourth-order valence-electron chi connectivity index (χ4n) is 2.14. The molecular formula is C20H21NO3. The fourth-order valence-corrected chi connectivity index (χ4v) is 2.14. The number of alkyl carbamates (subject to hydrolysis) is 1. The van der Waals surface area contributed by atoms with E-state index >= 15 is 0 Å². The van der Waals surface area contributed by atoms with Gasteiger partial charge in [0.15, 0.2) is 5.78 Å². The third-order valence-electron chi connectivity index (χ3n) is 3.56. The Morgan fingerprint density at radius 3 is 2.58 bits per heavy atom. The van der Waals surface area contributed by atoms with Crippen molar-refractivity contribution in [3.8, 4) is 0 Å². The van der Waals surface area contributed by atoms with E-state index in [-0.39, 0.29) is 12.4 Å². The largest absolute Gasteiger partial charge is 0.445 e. The minimum Gasteiger partial charge on any atom is -0.445 e. The predicted molar refractivity (Wildman–Crippen MR) is 94.8 cm³/mol. The number of ether oxygens (including phenoxy) is 1.